The number of rotatable bonds is 5. The standard InChI is InChI=1S/C11H10IN3O2S2/c1-18-11-15-14-10(19-11)13-9(16)6-17-8-4-2-7(12)3-5-8/h2-5H,6H2,1H3,(H,13,14,16). The Bertz CT molecular complexity index is 559. The van der Waals surface area contributed by atoms with Crippen molar-refractivity contribution in [3.63, 3.8) is 0 Å². The van der Waals surface area contributed by atoms with Crippen molar-refractivity contribution in [1.29, 1.82) is 0 Å². The minimum absolute atomic E-state index is 0.0469. The van der Waals surface area contributed by atoms with Gasteiger partial charge in [0, 0.05) is 3.57 Å². The van der Waals surface area contributed by atoms with E-state index in [1.54, 1.807) is 0 Å². The number of carbonyl (C=O) groups excluding carboxylic acids is 1. The third kappa shape index (κ3) is 4.62. The van der Waals surface area contributed by atoms with E-state index in [0.717, 1.165) is 7.91 Å². The summed E-state index contributed by atoms with van der Waals surface area (Å²) in [5.74, 6) is 0.417. The monoisotopic (exact) mass is 407 g/mol. The van der Waals surface area contributed by atoms with Crippen LogP contribution in [0.25, 0.3) is 0 Å². The molecule has 2 rings (SSSR count). The van der Waals surface area contributed by atoms with Crippen molar-refractivity contribution in [3.05, 3.63) is 27.8 Å². The van der Waals surface area contributed by atoms with Crippen molar-refractivity contribution in [2.45, 2.75) is 4.34 Å². The van der Waals surface area contributed by atoms with Gasteiger partial charge in [-0.25, -0.2) is 0 Å². The number of nitrogens with zero attached hydrogens (tertiary/aromatic N) is 2. The number of ether oxygens (including phenoxy) is 1. The normalized spacial score (nSPS) is 10.2. The maximum absolute atomic E-state index is 11.6. The minimum Gasteiger partial charge on any atom is -0.484 e. The first-order valence-corrected chi connectivity index (χ1v) is 8.35. The number of hydrogen-bond donors (Lipinski definition) is 1. The van der Waals surface area contributed by atoms with Crippen LogP contribution in [-0.2, 0) is 4.79 Å². The number of anilines is 1. The highest BCUT2D eigenvalue weighted by Gasteiger charge is 2.08. The zero-order valence-corrected chi connectivity index (χ0v) is 13.7. The highest BCUT2D eigenvalue weighted by atomic mass is 127. The summed E-state index contributed by atoms with van der Waals surface area (Å²) >= 11 is 5.04. The molecule has 1 amide bonds. The number of aromatic nitrogens is 2. The van der Waals surface area contributed by atoms with Crippen LogP contribution in [0.1, 0.15) is 0 Å². The van der Waals surface area contributed by atoms with Crippen LogP contribution in [0.3, 0.4) is 0 Å². The van der Waals surface area contributed by atoms with Crippen LogP contribution in [0.5, 0.6) is 5.75 Å². The summed E-state index contributed by atoms with van der Waals surface area (Å²) in [5, 5.41) is 10.9. The molecule has 19 heavy (non-hydrogen) atoms. The molecule has 0 fully saturated rings. The van der Waals surface area contributed by atoms with E-state index < -0.39 is 0 Å². The van der Waals surface area contributed by atoms with Gasteiger partial charge < -0.3 is 4.74 Å². The Morgan fingerprint density at radius 3 is 2.79 bits per heavy atom. The molecule has 0 aliphatic heterocycles. The molecule has 0 aliphatic rings. The number of benzene rings is 1. The summed E-state index contributed by atoms with van der Waals surface area (Å²) in [4.78, 5) is 11.6. The first kappa shape index (κ1) is 14.5. The van der Waals surface area contributed by atoms with Gasteiger partial charge in [-0.2, -0.15) is 0 Å². The zero-order valence-electron chi connectivity index (χ0n) is 9.92. The van der Waals surface area contributed by atoms with Gasteiger partial charge in [0.1, 0.15) is 5.75 Å². The smallest absolute Gasteiger partial charge is 0.264 e. The molecular weight excluding hydrogens is 397 g/mol. The van der Waals surface area contributed by atoms with Crippen LogP contribution < -0.4 is 10.1 Å². The van der Waals surface area contributed by atoms with Crippen LogP contribution in [0, 0.1) is 3.57 Å². The number of thioether (sulfide) groups is 1. The van der Waals surface area contributed by atoms with E-state index in [1.807, 2.05) is 30.5 Å². The lowest BCUT2D eigenvalue weighted by molar-refractivity contribution is -0.118. The van der Waals surface area contributed by atoms with Crippen molar-refractivity contribution in [2.24, 2.45) is 0 Å². The highest BCUT2D eigenvalue weighted by Crippen LogP contribution is 2.22. The molecule has 0 radical (unpaired) electrons. The largest absolute Gasteiger partial charge is 0.484 e. The molecule has 1 aromatic carbocycles. The van der Waals surface area contributed by atoms with E-state index in [0.29, 0.717) is 10.9 Å². The molecule has 8 heteroatoms. The number of nitrogens with one attached hydrogen (secondary N) is 1. The predicted octanol–water partition coefficient (Wildman–Crippen LogP) is 2.88. The first-order valence-electron chi connectivity index (χ1n) is 5.23. The topological polar surface area (TPSA) is 64.1 Å². The van der Waals surface area contributed by atoms with Crippen LogP contribution in [0.15, 0.2) is 28.6 Å². The Labute approximate surface area is 132 Å². The van der Waals surface area contributed by atoms with Crippen LogP contribution in [0.2, 0.25) is 0 Å². The average Bonchev–Trinajstić information content (AvgIpc) is 2.86. The van der Waals surface area contributed by atoms with E-state index in [-0.39, 0.29) is 12.5 Å². The van der Waals surface area contributed by atoms with Crippen molar-refractivity contribution in [3.8, 4) is 5.75 Å². The molecular formula is C11H10IN3O2S2. The molecule has 1 N–H and O–H groups in total. The van der Waals surface area contributed by atoms with Gasteiger partial charge in [0.05, 0.1) is 0 Å². The summed E-state index contributed by atoms with van der Waals surface area (Å²) in [7, 11) is 0. The predicted molar refractivity (Wildman–Crippen MR) is 85.0 cm³/mol. The van der Waals surface area contributed by atoms with Gasteiger partial charge in [0.2, 0.25) is 5.13 Å². The van der Waals surface area contributed by atoms with Crippen molar-refractivity contribution in [2.75, 3.05) is 18.2 Å². The molecule has 0 saturated heterocycles. The minimum atomic E-state index is -0.248. The van der Waals surface area contributed by atoms with Crippen molar-refractivity contribution in [1.82, 2.24) is 10.2 Å². The average molecular weight is 407 g/mol. The maximum atomic E-state index is 11.6. The molecule has 0 unspecified atom stereocenters. The van der Waals surface area contributed by atoms with Gasteiger partial charge in [-0.15, -0.1) is 10.2 Å². The van der Waals surface area contributed by atoms with Gasteiger partial charge in [-0.05, 0) is 53.1 Å². The first-order chi connectivity index (χ1) is 9.17. The van der Waals surface area contributed by atoms with Gasteiger partial charge in [-0.1, -0.05) is 23.1 Å². The van der Waals surface area contributed by atoms with Gasteiger partial charge in [-0.3, -0.25) is 10.1 Å². The summed E-state index contributed by atoms with van der Waals surface area (Å²) in [6.45, 7) is -0.0469. The maximum Gasteiger partial charge on any atom is 0.264 e. The second-order valence-corrected chi connectivity index (χ2v) is 6.64. The summed E-state index contributed by atoms with van der Waals surface area (Å²) in [5.41, 5.74) is 0. The molecule has 100 valence electrons. The third-order valence-corrected chi connectivity index (χ3v) is 4.54. The van der Waals surface area contributed by atoms with E-state index in [9.17, 15) is 4.79 Å². The second-order valence-electron chi connectivity index (χ2n) is 3.37. The SMILES string of the molecule is CSc1nnc(NC(=O)COc2ccc(I)cc2)s1. The molecule has 2 aromatic rings. The lowest BCUT2D eigenvalue weighted by atomic mass is 10.3. The van der Waals surface area contributed by atoms with Gasteiger partial charge >= 0.3 is 0 Å². The highest BCUT2D eigenvalue weighted by molar-refractivity contribution is 14.1. The number of amides is 1. The van der Waals surface area contributed by atoms with Crippen LogP contribution in [-0.4, -0.2) is 29.0 Å². The van der Waals surface area contributed by atoms with Gasteiger partial charge in [0.25, 0.3) is 5.91 Å². The lowest BCUT2D eigenvalue weighted by Crippen LogP contribution is -2.20. The van der Waals surface area contributed by atoms with E-state index >= 15 is 0 Å². The lowest BCUT2D eigenvalue weighted by Gasteiger charge is -2.05. The zero-order chi connectivity index (χ0) is 13.7. The summed E-state index contributed by atoms with van der Waals surface area (Å²) < 4.78 is 7.30. The number of halogens is 1. The third-order valence-electron chi connectivity index (χ3n) is 2.01. The van der Waals surface area contributed by atoms with Crippen molar-refractivity contribution < 1.29 is 9.53 Å². The quantitative estimate of drug-likeness (QED) is 0.469. The summed E-state index contributed by atoms with van der Waals surface area (Å²) in [6, 6.07) is 7.49. The fourth-order valence-electron chi connectivity index (χ4n) is 1.18. The van der Waals surface area contributed by atoms with E-state index in [4.69, 9.17) is 4.74 Å². The molecule has 0 bridgehead atoms. The number of hydrogen-bond acceptors (Lipinski definition) is 6. The van der Waals surface area contributed by atoms with E-state index in [1.165, 1.54) is 23.1 Å². The molecule has 1 aromatic heterocycles. The van der Waals surface area contributed by atoms with E-state index in [2.05, 4.69) is 38.1 Å². The fourth-order valence-corrected chi connectivity index (χ4v) is 2.72. The van der Waals surface area contributed by atoms with Gasteiger partial charge in [0.15, 0.2) is 10.9 Å². The Kier molecular flexibility index (Phi) is 5.40. The molecule has 1 heterocycles. The van der Waals surface area contributed by atoms with Crippen LogP contribution >= 0.6 is 45.7 Å². The number of carbonyl (C=O) groups is 1. The Balaban J connectivity index is 1.82. The van der Waals surface area contributed by atoms with Crippen molar-refractivity contribution >= 4 is 56.7 Å². The second kappa shape index (κ2) is 7.06. The molecule has 0 spiro atoms. The molecule has 0 aliphatic carbocycles. The molecule has 0 atom stereocenters. The van der Waals surface area contributed by atoms with Crippen LogP contribution in [0.4, 0.5) is 5.13 Å². The Morgan fingerprint density at radius 1 is 1.42 bits per heavy atom. The summed E-state index contributed by atoms with van der Waals surface area (Å²) in [6.07, 6.45) is 1.91. The fraction of sp³-hybridized carbons (Fsp3) is 0.182. The molecule has 5 nitrogen and oxygen atoms in total. The Hall–Kier alpha value is -0.870. The molecule has 0 saturated carbocycles. The Morgan fingerprint density at radius 2 is 2.16 bits per heavy atom.